The van der Waals surface area contributed by atoms with E-state index in [1.54, 1.807) is 13.8 Å². The van der Waals surface area contributed by atoms with E-state index in [1.807, 2.05) is 44.2 Å². The highest BCUT2D eigenvalue weighted by molar-refractivity contribution is 5.70. The van der Waals surface area contributed by atoms with Crippen molar-refractivity contribution in [2.45, 2.75) is 83.6 Å². The number of ether oxygens (including phenoxy) is 6. The van der Waals surface area contributed by atoms with Gasteiger partial charge in [-0.05, 0) is 33.3 Å². The van der Waals surface area contributed by atoms with Gasteiger partial charge in [-0.15, -0.1) is 0 Å². The van der Waals surface area contributed by atoms with Gasteiger partial charge in [0.25, 0.3) is 0 Å². The second-order valence-corrected chi connectivity index (χ2v) is 8.46. The summed E-state index contributed by atoms with van der Waals surface area (Å²) in [5.41, 5.74) is 1.01. The van der Waals surface area contributed by atoms with Gasteiger partial charge < -0.3 is 33.7 Å². The summed E-state index contributed by atoms with van der Waals surface area (Å²) in [5.74, 6) is -1.48. The SMILES string of the molecule is CCOC(=O)CCN[C@H](CC(=O)OCC)[C@H]1O[C@@H]2OC(C)(C)O[C@@H]2[C@H]1OCc1ccccc1. The summed E-state index contributed by atoms with van der Waals surface area (Å²) in [6.07, 6.45) is -1.90. The Bertz CT molecular complexity index is 771. The van der Waals surface area contributed by atoms with Crippen LogP contribution in [0.15, 0.2) is 30.3 Å². The molecule has 3 rings (SSSR count). The van der Waals surface area contributed by atoms with E-state index in [4.69, 9.17) is 28.4 Å². The van der Waals surface area contributed by atoms with Crippen LogP contribution in [0.4, 0.5) is 0 Å². The molecular weight excluding hydrogens is 430 g/mol. The van der Waals surface area contributed by atoms with E-state index in [0.29, 0.717) is 19.8 Å². The number of fused-ring (bicyclic) bond motifs is 1. The van der Waals surface area contributed by atoms with Crippen LogP contribution in [-0.2, 0) is 44.6 Å². The van der Waals surface area contributed by atoms with Gasteiger partial charge in [0.1, 0.15) is 18.3 Å². The lowest BCUT2D eigenvalue weighted by Gasteiger charge is -2.31. The van der Waals surface area contributed by atoms with Crippen LogP contribution in [0.3, 0.4) is 0 Å². The maximum Gasteiger partial charge on any atom is 0.307 e. The lowest BCUT2D eigenvalue weighted by Crippen LogP contribution is -2.50. The molecule has 0 spiro atoms. The zero-order chi connectivity index (χ0) is 23.8. The third-order valence-corrected chi connectivity index (χ3v) is 5.44. The zero-order valence-electron chi connectivity index (χ0n) is 19.8. The van der Waals surface area contributed by atoms with Crippen LogP contribution < -0.4 is 5.32 Å². The van der Waals surface area contributed by atoms with Gasteiger partial charge >= 0.3 is 11.9 Å². The minimum atomic E-state index is -0.803. The standard InChI is InChI=1S/C24H35NO8/c1-5-28-18(26)12-13-25-17(14-19(27)29-6-2)20-21(30-15-16-10-8-7-9-11-16)22-23(31-20)33-24(3,4)32-22/h7-11,17,20-23,25H,5-6,12-15H2,1-4H3/t17-,20-,21+,22-,23-/m1/s1. The van der Waals surface area contributed by atoms with Gasteiger partial charge in [0, 0.05) is 12.6 Å². The Morgan fingerprint density at radius 3 is 2.45 bits per heavy atom. The molecule has 0 amide bonds. The normalized spacial score (nSPS) is 26.5. The number of nitrogens with one attached hydrogen (secondary N) is 1. The lowest BCUT2D eigenvalue weighted by molar-refractivity contribution is -0.223. The molecule has 0 aromatic heterocycles. The minimum Gasteiger partial charge on any atom is -0.466 e. The van der Waals surface area contributed by atoms with Gasteiger partial charge in [0.05, 0.1) is 32.7 Å². The number of esters is 2. The fourth-order valence-electron chi connectivity index (χ4n) is 4.08. The molecule has 2 heterocycles. The molecule has 0 radical (unpaired) electrons. The largest absolute Gasteiger partial charge is 0.466 e. The van der Waals surface area contributed by atoms with E-state index < -0.39 is 36.4 Å². The summed E-state index contributed by atoms with van der Waals surface area (Å²) < 4.78 is 34.7. The van der Waals surface area contributed by atoms with Gasteiger partial charge in [-0.25, -0.2) is 0 Å². The molecule has 2 saturated heterocycles. The van der Waals surface area contributed by atoms with Crippen molar-refractivity contribution in [1.29, 1.82) is 0 Å². The topological polar surface area (TPSA) is 102 Å². The zero-order valence-corrected chi connectivity index (χ0v) is 19.8. The van der Waals surface area contributed by atoms with Crippen molar-refractivity contribution >= 4 is 11.9 Å². The second kappa shape index (κ2) is 11.9. The highest BCUT2D eigenvalue weighted by Crippen LogP contribution is 2.40. The molecule has 2 fully saturated rings. The molecular formula is C24H35NO8. The molecule has 2 aliphatic rings. The Morgan fingerprint density at radius 1 is 1.06 bits per heavy atom. The van der Waals surface area contributed by atoms with Crippen molar-refractivity contribution in [3.05, 3.63) is 35.9 Å². The van der Waals surface area contributed by atoms with Gasteiger partial charge in [0.15, 0.2) is 12.1 Å². The first-order chi connectivity index (χ1) is 15.8. The van der Waals surface area contributed by atoms with Crippen LogP contribution in [-0.4, -0.2) is 68.1 Å². The molecule has 0 aliphatic carbocycles. The number of rotatable bonds is 12. The smallest absolute Gasteiger partial charge is 0.307 e. The van der Waals surface area contributed by atoms with E-state index in [2.05, 4.69) is 5.32 Å². The van der Waals surface area contributed by atoms with E-state index in [9.17, 15) is 9.59 Å². The first-order valence-electron chi connectivity index (χ1n) is 11.5. The Labute approximate surface area is 195 Å². The number of hydrogen-bond donors (Lipinski definition) is 1. The molecule has 1 aromatic carbocycles. The number of hydrogen-bond acceptors (Lipinski definition) is 9. The molecule has 0 saturated carbocycles. The fourth-order valence-corrected chi connectivity index (χ4v) is 4.08. The van der Waals surface area contributed by atoms with Crippen LogP contribution in [0.1, 0.15) is 46.1 Å². The monoisotopic (exact) mass is 465 g/mol. The van der Waals surface area contributed by atoms with E-state index in [1.165, 1.54) is 0 Å². The van der Waals surface area contributed by atoms with Crippen molar-refractivity contribution in [3.63, 3.8) is 0 Å². The van der Waals surface area contributed by atoms with E-state index >= 15 is 0 Å². The van der Waals surface area contributed by atoms with Crippen molar-refractivity contribution in [3.8, 4) is 0 Å². The summed E-state index contributed by atoms with van der Waals surface area (Å²) in [6, 6.07) is 9.32. The highest BCUT2D eigenvalue weighted by Gasteiger charge is 2.57. The summed E-state index contributed by atoms with van der Waals surface area (Å²) in [6.45, 7) is 8.43. The van der Waals surface area contributed by atoms with Crippen LogP contribution >= 0.6 is 0 Å². The second-order valence-electron chi connectivity index (χ2n) is 8.46. The Balaban J connectivity index is 1.74. The summed E-state index contributed by atoms with van der Waals surface area (Å²) in [7, 11) is 0. The fraction of sp³-hybridized carbons (Fsp3) is 0.667. The van der Waals surface area contributed by atoms with Crippen LogP contribution in [0.2, 0.25) is 0 Å². The van der Waals surface area contributed by atoms with E-state index in [0.717, 1.165) is 5.56 Å². The average Bonchev–Trinajstić information content (AvgIpc) is 3.24. The molecule has 184 valence electrons. The maximum atomic E-state index is 12.3. The first kappa shape index (κ1) is 25.6. The molecule has 2 aliphatic heterocycles. The predicted octanol–water partition coefficient (Wildman–Crippen LogP) is 2.31. The number of carbonyl (C=O) groups excluding carboxylic acids is 2. The molecule has 5 atom stereocenters. The Morgan fingerprint density at radius 2 is 1.76 bits per heavy atom. The first-order valence-corrected chi connectivity index (χ1v) is 11.5. The third-order valence-electron chi connectivity index (χ3n) is 5.44. The molecule has 9 nitrogen and oxygen atoms in total. The van der Waals surface area contributed by atoms with Crippen LogP contribution in [0, 0.1) is 0 Å². The summed E-state index contributed by atoms with van der Waals surface area (Å²) >= 11 is 0. The average molecular weight is 466 g/mol. The molecule has 0 bridgehead atoms. The highest BCUT2D eigenvalue weighted by atomic mass is 16.8. The molecule has 0 unspecified atom stereocenters. The molecule has 1 aromatic rings. The minimum absolute atomic E-state index is 0.0510. The van der Waals surface area contributed by atoms with Crippen LogP contribution in [0.25, 0.3) is 0 Å². The van der Waals surface area contributed by atoms with Crippen molar-refractivity contribution in [2.75, 3.05) is 19.8 Å². The van der Waals surface area contributed by atoms with Crippen molar-refractivity contribution in [2.24, 2.45) is 0 Å². The Kier molecular flexibility index (Phi) is 9.22. The quantitative estimate of drug-likeness (QED) is 0.466. The summed E-state index contributed by atoms with van der Waals surface area (Å²) in [4.78, 5) is 24.1. The van der Waals surface area contributed by atoms with Crippen LogP contribution in [0.5, 0.6) is 0 Å². The van der Waals surface area contributed by atoms with Gasteiger partial charge in [-0.3, -0.25) is 9.59 Å². The third kappa shape index (κ3) is 7.22. The van der Waals surface area contributed by atoms with E-state index in [-0.39, 0.29) is 31.4 Å². The maximum absolute atomic E-state index is 12.3. The molecule has 9 heteroatoms. The Hall–Kier alpha value is -2.04. The number of carbonyl (C=O) groups is 2. The lowest BCUT2D eigenvalue weighted by atomic mass is 10.00. The summed E-state index contributed by atoms with van der Waals surface area (Å²) in [5, 5.41) is 3.26. The van der Waals surface area contributed by atoms with Crippen molar-refractivity contribution in [1.82, 2.24) is 5.32 Å². The van der Waals surface area contributed by atoms with Gasteiger partial charge in [0.2, 0.25) is 0 Å². The molecule has 33 heavy (non-hydrogen) atoms. The number of benzene rings is 1. The van der Waals surface area contributed by atoms with Gasteiger partial charge in [-0.2, -0.15) is 0 Å². The predicted molar refractivity (Wildman–Crippen MR) is 118 cm³/mol. The van der Waals surface area contributed by atoms with Gasteiger partial charge in [-0.1, -0.05) is 30.3 Å². The van der Waals surface area contributed by atoms with Crippen molar-refractivity contribution < 1.29 is 38.0 Å². The molecule has 1 N–H and O–H groups in total.